The second-order valence-corrected chi connectivity index (χ2v) is 5.59. The van der Waals surface area contributed by atoms with Gasteiger partial charge in [0.05, 0.1) is 6.33 Å². The molecular formula is C16H21N3. The minimum atomic E-state index is 0.162. The van der Waals surface area contributed by atoms with Gasteiger partial charge in [-0.25, -0.2) is 4.98 Å². The van der Waals surface area contributed by atoms with Gasteiger partial charge in [-0.1, -0.05) is 24.3 Å². The van der Waals surface area contributed by atoms with Gasteiger partial charge in [0.1, 0.15) is 0 Å². The van der Waals surface area contributed by atoms with Crippen LogP contribution in [0.15, 0.2) is 49.1 Å². The Hall–Kier alpha value is -1.87. The van der Waals surface area contributed by atoms with E-state index in [1.807, 2.05) is 10.8 Å². The second kappa shape index (κ2) is 5.85. The molecule has 0 aliphatic carbocycles. The maximum Gasteiger partial charge on any atom is 0.0991 e. The smallest absolute Gasteiger partial charge is 0.0991 e. The van der Waals surface area contributed by atoms with Crippen LogP contribution in [0.5, 0.6) is 0 Å². The fourth-order valence-electron chi connectivity index (χ4n) is 1.73. The Morgan fingerprint density at radius 3 is 2.53 bits per heavy atom. The largest absolute Gasteiger partial charge is 0.309 e. The van der Waals surface area contributed by atoms with Crippen LogP contribution in [0.3, 0.4) is 0 Å². The molecule has 100 valence electrons. The topological polar surface area (TPSA) is 29.9 Å². The molecule has 0 atom stereocenters. The fraction of sp³-hybridized carbons (Fsp3) is 0.312. The van der Waals surface area contributed by atoms with Crippen molar-refractivity contribution in [3.05, 3.63) is 54.6 Å². The molecule has 1 N–H and O–H groups in total. The predicted molar refractivity (Wildman–Crippen MR) is 80.4 cm³/mol. The number of nitrogens with one attached hydrogen (secondary N) is 1. The van der Waals surface area contributed by atoms with Crippen LogP contribution < -0.4 is 5.32 Å². The quantitative estimate of drug-likeness (QED) is 0.908. The lowest BCUT2D eigenvalue weighted by molar-refractivity contribution is 0.450. The van der Waals surface area contributed by atoms with Crippen LogP contribution in [0.25, 0.3) is 11.8 Å². The minimum Gasteiger partial charge on any atom is -0.309 e. The maximum absolute atomic E-state index is 4.05. The van der Waals surface area contributed by atoms with E-state index in [1.165, 1.54) is 5.56 Å². The zero-order valence-corrected chi connectivity index (χ0v) is 11.8. The normalized spacial score (nSPS) is 12.2. The van der Waals surface area contributed by atoms with Crippen molar-refractivity contribution in [2.45, 2.75) is 26.3 Å². The zero-order chi connectivity index (χ0) is 13.7. The first-order valence-corrected chi connectivity index (χ1v) is 6.54. The van der Waals surface area contributed by atoms with Crippen LogP contribution in [0.2, 0.25) is 0 Å². The predicted octanol–water partition coefficient (Wildman–Crippen LogP) is 3.27. The fourth-order valence-corrected chi connectivity index (χ4v) is 1.73. The SMILES string of the molecule is CC(C)(C)NCC=Cc1ccc(-n2ccnc2)cc1. The van der Waals surface area contributed by atoms with E-state index in [2.05, 4.69) is 67.5 Å². The summed E-state index contributed by atoms with van der Waals surface area (Å²) in [5.74, 6) is 0. The van der Waals surface area contributed by atoms with Crippen molar-refractivity contribution in [3.8, 4) is 5.69 Å². The zero-order valence-electron chi connectivity index (χ0n) is 11.8. The van der Waals surface area contributed by atoms with Gasteiger partial charge >= 0.3 is 0 Å². The number of hydrogen-bond acceptors (Lipinski definition) is 2. The monoisotopic (exact) mass is 255 g/mol. The van der Waals surface area contributed by atoms with E-state index in [9.17, 15) is 0 Å². The van der Waals surface area contributed by atoms with Gasteiger partial charge in [0.2, 0.25) is 0 Å². The molecular weight excluding hydrogens is 234 g/mol. The number of aromatic nitrogens is 2. The van der Waals surface area contributed by atoms with E-state index < -0.39 is 0 Å². The molecule has 0 spiro atoms. The van der Waals surface area contributed by atoms with Crippen molar-refractivity contribution < 1.29 is 0 Å². The molecule has 3 nitrogen and oxygen atoms in total. The van der Waals surface area contributed by atoms with E-state index in [0.717, 1.165) is 12.2 Å². The first-order valence-electron chi connectivity index (χ1n) is 6.54. The molecule has 0 amide bonds. The molecule has 0 saturated heterocycles. The summed E-state index contributed by atoms with van der Waals surface area (Å²) in [6.07, 6.45) is 9.82. The summed E-state index contributed by atoms with van der Waals surface area (Å²) in [7, 11) is 0. The average molecular weight is 255 g/mol. The third-order valence-corrected chi connectivity index (χ3v) is 2.76. The maximum atomic E-state index is 4.05. The molecule has 3 heteroatoms. The Morgan fingerprint density at radius 2 is 1.95 bits per heavy atom. The van der Waals surface area contributed by atoms with Crippen molar-refractivity contribution in [1.82, 2.24) is 14.9 Å². The van der Waals surface area contributed by atoms with Crippen LogP contribution in [0.1, 0.15) is 26.3 Å². The highest BCUT2D eigenvalue weighted by Gasteiger charge is 2.05. The number of nitrogens with zero attached hydrogens (tertiary/aromatic N) is 2. The van der Waals surface area contributed by atoms with Crippen molar-refractivity contribution in [1.29, 1.82) is 0 Å². The van der Waals surface area contributed by atoms with Crippen LogP contribution >= 0.6 is 0 Å². The molecule has 0 aliphatic heterocycles. The molecule has 1 aromatic heterocycles. The van der Waals surface area contributed by atoms with E-state index in [1.54, 1.807) is 12.5 Å². The lowest BCUT2D eigenvalue weighted by Crippen LogP contribution is -2.35. The first-order chi connectivity index (χ1) is 9.04. The molecule has 0 unspecified atom stereocenters. The lowest BCUT2D eigenvalue weighted by Gasteiger charge is -2.18. The summed E-state index contributed by atoms with van der Waals surface area (Å²) in [5, 5.41) is 3.43. The standard InChI is InChI=1S/C16H21N3/c1-16(2,3)18-10-4-5-14-6-8-15(9-7-14)19-12-11-17-13-19/h4-9,11-13,18H,10H2,1-3H3. The summed E-state index contributed by atoms with van der Waals surface area (Å²) < 4.78 is 1.99. The highest BCUT2D eigenvalue weighted by atomic mass is 15.0. The third-order valence-electron chi connectivity index (χ3n) is 2.76. The molecule has 2 aromatic rings. The van der Waals surface area contributed by atoms with Gasteiger partial charge in [-0.05, 0) is 38.5 Å². The third kappa shape index (κ3) is 4.38. The summed E-state index contributed by atoms with van der Waals surface area (Å²) in [5.41, 5.74) is 2.50. The van der Waals surface area contributed by atoms with Crippen LogP contribution in [0.4, 0.5) is 0 Å². The van der Waals surface area contributed by atoms with E-state index >= 15 is 0 Å². The van der Waals surface area contributed by atoms with Gasteiger partial charge in [-0.15, -0.1) is 0 Å². The van der Waals surface area contributed by atoms with Crippen molar-refractivity contribution in [2.75, 3.05) is 6.54 Å². The van der Waals surface area contributed by atoms with Gasteiger partial charge in [-0.3, -0.25) is 0 Å². The highest BCUT2D eigenvalue weighted by molar-refractivity contribution is 5.51. The van der Waals surface area contributed by atoms with Gasteiger partial charge in [0, 0.05) is 30.2 Å². The van der Waals surface area contributed by atoms with E-state index in [4.69, 9.17) is 0 Å². The second-order valence-electron chi connectivity index (χ2n) is 5.59. The lowest BCUT2D eigenvalue weighted by atomic mass is 10.1. The summed E-state index contributed by atoms with van der Waals surface area (Å²) >= 11 is 0. The van der Waals surface area contributed by atoms with E-state index in [0.29, 0.717) is 0 Å². The van der Waals surface area contributed by atoms with Crippen molar-refractivity contribution in [2.24, 2.45) is 0 Å². The van der Waals surface area contributed by atoms with Gasteiger partial charge in [0.25, 0.3) is 0 Å². The summed E-state index contributed by atoms with van der Waals surface area (Å²) in [4.78, 5) is 4.05. The Labute approximate surface area is 115 Å². The van der Waals surface area contributed by atoms with Crippen molar-refractivity contribution >= 4 is 6.08 Å². The molecule has 0 bridgehead atoms. The molecule has 0 radical (unpaired) electrons. The number of imidazole rings is 1. The molecule has 2 rings (SSSR count). The number of benzene rings is 1. The molecule has 19 heavy (non-hydrogen) atoms. The Balaban J connectivity index is 1.94. The van der Waals surface area contributed by atoms with Gasteiger partial charge in [0.15, 0.2) is 0 Å². The highest BCUT2D eigenvalue weighted by Crippen LogP contribution is 2.10. The molecule has 0 fully saturated rings. The average Bonchev–Trinajstić information content (AvgIpc) is 2.88. The number of rotatable bonds is 4. The molecule has 0 aliphatic rings. The Bertz CT molecular complexity index is 516. The van der Waals surface area contributed by atoms with E-state index in [-0.39, 0.29) is 5.54 Å². The summed E-state index contributed by atoms with van der Waals surface area (Å²) in [6, 6.07) is 8.42. The number of hydrogen-bond donors (Lipinski definition) is 1. The molecule has 0 saturated carbocycles. The summed E-state index contributed by atoms with van der Waals surface area (Å²) in [6.45, 7) is 7.38. The Kier molecular flexibility index (Phi) is 4.17. The van der Waals surface area contributed by atoms with Crippen LogP contribution in [-0.2, 0) is 0 Å². The van der Waals surface area contributed by atoms with Crippen molar-refractivity contribution in [3.63, 3.8) is 0 Å². The first kappa shape index (κ1) is 13.6. The minimum absolute atomic E-state index is 0.162. The molecule has 1 aromatic carbocycles. The Morgan fingerprint density at radius 1 is 1.21 bits per heavy atom. The van der Waals surface area contributed by atoms with Crippen LogP contribution in [-0.4, -0.2) is 21.6 Å². The van der Waals surface area contributed by atoms with Crippen LogP contribution in [0, 0.1) is 0 Å². The van der Waals surface area contributed by atoms with Gasteiger partial charge < -0.3 is 9.88 Å². The molecule has 1 heterocycles. The van der Waals surface area contributed by atoms with Gasteiger partial charge in [-0.2, -0.15) is 0 Å².